The highest BCUT2D eigenvalue weighted by atomic mass is 32.2. The first-order valence-electron chi connectivity index (χ1n) is 8.63. The number of hydrogen-bond donors (Lipinski definition) is 1. The number of likely N-dealkylation sites (tertiary alicyclic amines) is 1. The number of imide groups is 1. The number of fused-ring (bicyclic) bond motifs is 1. The van der Waals surface area contributed by atoms with Gasteiger partial charge in [0, 0.05) is 33.2 Å². The van der Waals surface area contributed by atoms with Crippen LogP contribution in [0.25, 0.3) is 0 Å². The molecular formula is C17H22N4O5S. The van der Waals surface area contributed by atoms with Crippen LogP contribution >= 0.6 is 0 Å². The van der Waals surface area contributed by atoms with Gasteiger partial charge in [0.15, 0.2) is 0 Å². The highest BCUT2D eigenvalue weighted by Gasteiger charge is 2.37. The number of carbonyl (C=O) groups is 3. The summed E-state index contributed by atoms with van der Waals surface area (Å²) in [7, 11) is -0.622. The monoisotopic (exact) mass is 394 g/mol. The summed E-state index contributed by atoms with van der Waals surface area (Å²) in [6, 6.07) is 6.25. The molecule has 0 bridgehead atoms. The molecule has 1 fully saturated rings. The normalized spacial score (nSPS) is 18.3. The molecule has 9 nitrogen and oxygen atoms in total. The predicted octanol–water partition coefficient (Wildman–Crippen LogP) is -0.330. The average molecular weight is 394 g/mol. The van der Waals surface area contributed by atoms with E-state index >= 15 is 0 Å². The van der Waals surface area contributed by atoms with E-state index in [0.29, 0.717) is 37.1 Å². The molecule has 0 aromatic heterocycles. The zero-order valence-corrected chi connectivity index (χ0v) is 16.0. The molecule has 146 valence electrons. The van der Waals surface area contributed by atoms with Crippen molar-refractivity contribution < 1.29 is 22.8 Å². The van der Waals surface area contributed by atoms with Gasteiger partial charge in [0.05, 0.1) is 11.1 Å². The third-order valence-corrected chi connectivity index (χ3v) is 6.41. The van der Waals surface area contributed by atoms with Crippen molar-refractivity contribution in [3.63, 3.8) is 0 Å². The molecule has 3 amide bonds. The van der Waals surface area contributed by atoms with Gasteiger partial charge in [-0.25, -0.2) is 0 Å². The number of nitrogens with zero attached hydrogens (tertiary/aromatic N) is 3. The molecule has 0 radical (unpaired) electrons. The SMILES string of the molecule is CN(C)S(=O)(=O)NC1CCN(C(=O)CN2C(=O)c3ccccc3C2=O)CC1. The largest absolute Gasteiger partial charge is 0.341 e. The summed E-state index contributed by atoms with van der Waals surface area (Å²) in [5, 5.41) is 0. The molecule has 0 aliphatic carbocycles. The van der Waals surface area contributed by atoms with E-state index in [1.807, 2.05) is 0 Å². The number of rotatable bonds is 5. The highest BCUT2D eigenvalue weighted by molar-refractivity contribution is 7.87. The standard InChI is InChI=1S/C17H22N4O5S/c1-19(2)27(25,26)18-12-7-9-20(10-8-12)15(22)11-21-16(23)13-5-3-4-6-14(13)17(21)24/h3-6,12,18H,7-11H2,1-2H3. The van der Waals surface area contributed by atoms with E-state index in [4.69, 9.17) is 0 Å². The van der Waals surface area contributed by atoms with Gasteiger partial charge in [0.1, 0.15) is 6.54 Å². The lowest BCUT2D eigenvalue weighted by molar-refractivity contribution is -0.132. The second kappa shape index (κ2) is 7.37. The lowest BCUT2D eigenvalue weighted by Gasteiger charge is -2.33. The number of hydrogen-bond acceptors (Lipinski definition) is 5. The third-order valence-electron chi connectivity index (χ3n) is 4.82. The Morgan fingerprint density at radius 1 is 1.11 bits per heavy atom. The quantitative estimate of drug-likeness (QED) is 0.688. The molecule has 27 heavy (non-hydrogen) atoms. The van der Waals surface area contributed by atoms with E-state index in [9.17, 15) is 22.8 Å². The molecular weight excluding hydrogens is 372 g/mol. The molecule has 1 aromatic rings. The van der Waals surface area contributed by atoms with Crippen LogP contribution in [0.15, 0.2) is 24.3 Å². The molecule has 3 rings (SSSR count). The van der Waals surface area contributed by atoms with E-state index in [1.54, 1.807) is 29.2 Å². The third kappa shape index (κ3) is 3.87. The summed E-state index contributed by atoms with van der Waals surface area (Å²) in [6.45, 7) is 0.422. The van der Waals surface area contributed by atoms with Gasteiger partial charge in [-0.2, -0.15) is 17.4 Å². The van der Waals surface area contributed by atoms with Gasteiger partial charge in [0.2, 0.25) is 5.91 Å². The summed E-state index contributed by atoms with van der Waals surface area (Å²) in [5.74, 6) is -1.24. The van der Waals surface area contributed by atoms with Crippen LogP contribution in [0.5, 0.6) is 0 Å². The van der Waals surface area contributed by atoms with Crippen molar-refractivity contribution in [3.8, 4) is 0 Å². The van der Waals surface area contributed by atoms with Crippen LogP contribution in [0.2, 0.25) is 0 Å². The molecule has 10 heteroatoms. The van der Waals surface area contributed by atoms with Gasteiger partial charge in [-0.1, -0.05) is 12.1 Å². The first kappa shape index (κ1) is 19.5. The van der Waals surface area contributed by atoms with Gasteiger partial charge in [-0.15, -0.1) is 0 Å². The Labute approximate surface area is 158 Å². The van der Waals surface area contributed by atoms with Crippen LogP contribution in [0.3, 0.4) is 0 Å². The number of benzene rings is 1. The minimum absolute atomic E-state index is 0.249. The number of carbonyl (C=O) groups excluding carboxylic acids is 3. The maximum Gasteiger partial charge on any atom is 0.279 e. The van der Waals surface area contributed by atoms with Gasteiger partial charge in [-0.3, -0.25) is 19.3 Å². The number of piperidine rings is 1. The Morgan fingerprint density at radius 2 is 1.63 bits per heavy atom. The first-order valence-corrected chi connectivity index (χ1v) is 10.1. The summed E-state index contributed by atoms with van der Waals surface area (Å²) < 4.78 is 27.5. The topological polar surface area (TPSA) is 107 Å². The second-order valence-electron chi connectivity index (χ2n) is 6.80. The summed E-state index contributed by atoms with van der Waals surface area (Å²) in [4.78, 5) is 39.8. The average Bonchev–Trinajstić information content (AvgIpc) is 2.87. The molecule has 1 saturated heterocycles. The van der Waals surface area contributed by atoms with Crippen LogP contribution in [0.4, 0.5) is 0 Å². The molecule has 0 spiro atoms. The van der Waals surface area contributed by atoms with Gasteiger partial charge in [-0.05, 0) is 25.0 Å². The van der Waals surface area contributed by atoms with Crippen molar-refractivity contribution >= 4 is 27.9 Å². The zero-order chi connectivity index (χ0) is 19.8. The van der Waals surface area contributed by atoms with Crippen molar-refractivity contribution in [2.24, 2.45) is 0 Å². The van der Waals surface area contributed by atoms with Gasteiger partial charge >= 0.3 is 0 Å². The van der Waals surface area contributed by atoms with E-state index in [-0.39, 0.29) is 18.5 Å². The summed E-state index contributed by atoms with van der Waals surface area (Å²) in [5.41, 5.74) is 0.624. The molecule has 0 unspecified atom stereocenters. The fourth-order valence-electron chi connectivity index (χ4n) is 3.18. The fraction of sp³-hybridized carbons (Fsp3) is 0.471. The Hall–Kier alpha value is -2.30. The van der Waals surface area contributed by atoms with E-state index < -0.39 is 22.0 Å². The van der Waals surface area contributed by atoms with E-state index in [1.165, 1.54) is 14.1 Å². The summed E-state index contributed by atoms with van der Waals surface area (Å²) >= 11 is 0. The maximum atomic E-state index is 12.5. The minimum atomic E-state index is -3.52. The second-order valence-corrected chi connectivity index (χ2v) is 8.72. The molecule has 0 atom stereocenters. The van der Waals surface area contributed by atoms with Crippen LogP contribution in [0.1, 0.15) is 33.6 Å². The molecule has 2 heterocycles. The van der Waals surface area contributed by atoms with Crippen molar-refractivity contribution in [2.45, 2.75) is 18.9 Å². The van der Waals surface area contributed by atoms with Crippen LogP contribution in [-0.4, -0.2) is 80.0 Å². The Balaban J connectivity index is 1.57. The molecule has 1 aromatic carbocycles. The van der Waals surface area contributed by atoms with Crippen LogP contribution in [0, 0.1) is 0 Å². The maximum absolute atomic E-state index is 12.5. The van der Waals surface area contributed by atoms with Crippen molar-refractivity contribution in [3.05, 3.63) is 35.4 Å². The summed E-state index contributed by atoms with van der Waals surface area (Å²) in [6.07, 6.45) is 0.946. The van der Waals surface area contributed by atoms with Crippen molar-refractivity contribution in [1.29, 1.82) is 0 Å². The van der Waals surface area contributed by atoms with E-state index in [2.05, 4.69) is 4.72 Å². The lowest BCUT2D eigenvalue weighted by Crippen LogP contribution is -2.51. The van der Waals surface area contributed by atoms with Crippen molar-refractivity contribution in [1.82, 2.24) is 18.8 Å². The zero-order valence-electron chi connectivity index (χ0n) is 15.2. The molecule has 2 aliphatic rings. The molecule has 1 N–H and O–H groups in total. The minimum Gasteiger partial charge on any atom is -0.341 e. The predicted molar refractivity (Wildman–Crippen MR) is 97.2 cm³/mol. The highest BCUT2D eigenvalue weighted by Crippen LogP contribution is 2.22. The van der Waals surface area contributed by atoms with Gasteiger partial charge < -0.3 is 4.90 Å². The smallest absolute Gasteiger partial charge is 0.279 e. The Kier molecular flexibility index (Phi) is 5.31. The van der Waals surface area contributed by atoms with E-state index in [0.717, 1.165) is 9.21 Å². The first-order chi connectivity index (χ1) is 12.7. The van der Waals surface area contributed by atoms with Crippen LogP contribution < -0.4 is 4.72 Å². The Morgan fingerprint density at radius 3 is 2.11 bits per heavy atom. The van der Waals surface area contributed by atoms with Gasteiger partial charge in [0.25, 0.3) is 22.0 Å². The molecule has 2 aliphatic heterocycles. The molecule has 0 saturated carbocycles. The van der Waals surface area contributed by atoms with Crippen LogP contribution in [-0.2, 0) is 15.0 Å². The fourth-order valence-corrected chi connectivity index (χ4v) is 4.05. The Bertz CT molecular complexity index is 840. The number of amides is 3. The lowest BCUT2D eigenvalue weighted by atomic mass is 10.1. The number of nitrogens with one attached hydrogen (secondary N) is 1. The van der Waals surface area contributed by atoms with Crippen molar-refractivity contribution in [2.75, 3.05) is 33.7 Å².